The summed E-state index contributed by atoms with van der Waals surface area (Å²) in [5, 5.41) is 16.4. The molecule has 4 N–H and O–H groups in total. The third kappa shape index (κ3) is 6.07. The lowest BCUT2D eigenvalue weighted by atomic mass is 10.1. The van der Waals surface area contributed by atoms with Gasteiger partial charge in [0.2, 0.25) is 5.91 Å². The van der Waals surface area contributed by atoms with Gasteiger partial charge in [0.1, 0.15) is 29.2 Å². The van der Waals surface area contributed by atoms with Gasteiger partial charge >= 0.3 is 5.97 Å². The van der Waals surface area contributed by atoms with Crippen molar-refractivity contribution >= 4 is 40.9 Å². The number of carboxylic acids is 1. The minimum Gasteiger partial charge on any atom is -0.480 e. The molecule has 2 aliphatic rings. The highest BCUT2D eigenvalue weighted by molar-refractivity contribution is 8.18. The minimum atomic E-state index is -1.17. The molecule has 0 bridgehead atoms. The summed E-state index contributed by atoms with van der Waals surface area (Å²) in [4.78, 5) is 46.6. The van der Waals surface area contributed by atoms with E-state index < -0.39 is 46.4 Å². The zero-order chi connectivity index (χ0) is 25.8. The smallest absolute Gasteiger partial charge is 0.326 e. The van der Waals surface area contributed by atoms with Crippen LogP contribution >= 0.6 is 11.8 Å². The number of thioether (sulfide) groups is 1. The number of amides is 3. The van der Waals surface area contributed by atoms with Gasteiger partial charge in [0.05, 0.1) is 10.9 Å². The molecule has 0 saturated carbocycles. The van der Waals surface area contributed by atoms with E-state index in [0.29, 0.717) is 30.3 Å². The summed E-state index contributed by atoms with van der Waals surface area (Å²) in [6.45, 7) is 0.711. The number of imide groups is 1. The fraction of sp³-hybridized carbons (Fsp3) is 0.250. The fourth-order valence-electron chi connectivity index (χ4n) is 3.76. The summed E-state index contributed by atoms with van der Waals surface area (Å²) in [5.74, 6) is -4.13. The van der Waals surface area contributed by atoms with E-state index in [0.717, 1.165) is 24.6 Å². The van der Waals surface area contributed by atoms with Gasteiger partial charge < -0.3 is 20.5 Å². The highest BCUT2D eigenvalue weighted by Gasteiger charge is 2.28. The summed E-state index contributed by atoms with van der Waals surface area (Å²) >= 11 is 0.543. The lowest BCUT2D eigenvalue weighted by Gasteiger charge is -2.18. The first-order chi connectivity index (χ1) is 17.2. The molecule has 0 spiro atoms. The molecule has 2 heterocycles. The number of hydrogen-bond acceptors (Lipinski definition) is 7. The summed E-state index contributed by atoms with van der Waals surface area (Å²) in [6, 6.07) is 6.55. The zero-order valence-corrected chi connectivity index (χ0v) is 19.5. The summed E-state index contributed by atoms with van der Waals surface area (Å²) in [7, 11) is 0. The van der Waals surface area contributed by atoms with E-state index in [-0.39, 0.29) is 28.7 Å². The lowest BCUT2D eigenvalue weighted by molar-refractivity contribution is -0.142. The predicted molar refractivity (Wildman–Crippen MR) is 126 cm³/mol. The van der Waals surface area contributed by atoms with Crippen LogP contribution in [0, 0.1) is 11.6 Å². The van der Waals surface area contributed by atoms with Gasteiger partial charge in [0.15, 0.2) is 0 Å². The number of nitrogens with one attached hydrogen (secondary N) is 3. The van der Waals surface area contributed by atoms with Crippen molar-refractivity contribution in [3.63, 3.8) is 0 Å². The Kier molecular flexibility index (Phi) is 7.65. The van der Waals surface area contributed by atoms with Crippen molar-refractivity contribution < 1.29 is 37.8 Å². The Morgan fingerprint density at radius 2 is 1.86 bits per heavy atom. The standard InChI is InChI=1S/C24H21F2N3O6S/c25-16-9-14(10-17(26)15(16)11-20-22(31)29-24(34)36-20)35-13-5-3-12(4-6-13)8-19(23(32)33)28-21(30)18-2-1-7-27-18/h3-6,9-11,18-19,27H,1-2,7-8H2,(H,28,30)(H,32,33)(H,29,31,34)/b20-11-. The number of carbonyl (C=O) groups is 4. The van der Waals surface area contributed by atoms with Gasteiger partial charge in [-0.05, 0) is 54.9 Å². The van der Waals surface area contributed by atoms with Crippen molar-refractivity contribution in [1.82, 2.24) is 16.0 Å². The quantitative estimate of drug-likeness (QED) is 0.393. The Balaban J connectivity index is 1.41. The van der Waals surface area contributed by atoms with Crippen LogP contribution in [0.25, 0.3) is 6.08 Å². The van der Waals surface area contributed by atoms with E-state index >= 15 is 0 Å². The number of carboxylic acid groups (broad SMARTS) is 1. The Morgan fingerprint density at radius 3 is 2.42 bits per heavy atom. The number of hydrogen-bond donors (Lipinski definition) is 4. The second-order valence-corrected chi connectivity index (χ2v) is 9.17. The minimum absolute atomic E-state index is 0.0365. The molecule has 2 fully saturated rings. The number of halogens is 2. The first-order valence-corrected chi connectivity index (χ1v) is 11.8. The van der Waals surface area contributed by atoms with Crippen molar-refractivity contribution in [2.24, 2.45) is 0 Å². The maximum absolute atomic E-state index is 14.5. The maximum Gasteiger partial charge on any atom is 0.326 e. The molecule has 2 aromatic carbocycles. The molecule has 0 aromatic heterocycles. The maximum atomic E-state index is 14.5. The first kappa shape index (κ1) is 25.3. The third-order valence-electron chi connectivity index (χ3n) is 5.56. The van der Waals surface area contributed by atoms with E-state index in [1.165, 1.54) is 12.1 Å². The topological polar surface area (TPSA) is 134 Å². The van der Waals surface area contributed by atoms with Crippen molar-refractivity contribution in [2.45, 2.75) is 31.3 Å². The van der Waals surface area contributed by atoms with Crippen LogP contribution in [0.4, 0.5) is 13.6 Å². The molecule has 2 unspecified atom stereocenters. The largest absolute Gasteiger partial charge is 0.480 e. The average molecular weight is 518 g/mol. The van der Waals surface area contributed by atoms with Gasteiger partial charge in [-0.3, -0.25) is 19.7 Å². The summed E-state index contributed by atoms with van der Waals surface area (Å²) in [5.41, 5.74) is 0.121. The number of aliphatic carboxylic acids is 1. The third-order valence-corrected chi connectivity index (χ3v) is 6.37. The predicted octanol–water partition coefficient (Wildman–Crippen LogP) is 2.94. The number of benzene rings is 2. The van der Waals surface area contributed by atoms with E-state index in [9.17, 15) is 33.1 Å². The molecule has 2 saturated heterocycles. The van der Waals surface area contributed by atoms with Crippen LogP contribution in [-0.2, 0) is 20.8 Å². The zero-order valence-electron chi connectivity index (χ0n) is 18.7. The van der Waals surface area contributed by atoms with Gasteiger partial charge in [0.25, 0.3) is 11.1 Å². The van der Waals surface area contributed by atoms with Crippen molar-refractivity contribution in [3.05, 3.63) is 64.1 Å². The van der Waals surface area contributed by atoms with Crippen LogP contribution in [-0.4, -0.2) is 46.8 Å². The van der Waals surface area contributed by atoms with Crippen molar-refractivity contribution in [1.29, 1.82) is 0 Å². The first-order valence-electron chi connectivity index (χ1n) is 11.0. The summed E-state index contributed by atoms with van der Waals surface area (Å²) < 4.78 is 34.5. The monoisotopic (exact) mass is 517 g/mol. The molecule has 12 heteroatoms. The van der Waals surface area contributed by atoms with Crippen molar-refractivity contribution in [2.75, 3.05) is 6.54 Å². The molecular formula is C24H21F2N3O6S. The molecule has 36 heavy (non-hydrogen) atoms. The van der Waals surface area contributed by atoms with E-state index in [2.05, 4.69) is 10.6 Å². The highest BCUT2D eigenvalue weighted by Crippen LogP contribution is 2.31. The Morgan fingerprint density at radius 1 is 1.17 bits per heavy atom. The van der Waals surface area contributed by atoms with Crippen LogP contribution in [0.15, 0.2) is 41.3 Å². The van der Waals surface area contributed by atoms with E-state index in [4.69, 9.17) is 4.74 Å². The molecule has 188 valence electrons. The fourth-order valence-corrected chi connectivity index (χ4v) is 4.42. The average Bonchev–Trinajstić information content (AvgIpc) is 3.46. The van der Waals surface area contributed by atoms with Crippen LogP contribution in [0.5, 0.6) is 11.5 Å². The molecule has 0 aliphatic carbocycles. The van der Waals surface area contributed by atoms with Crippen LogP contribution in [0.1, 0.15) is 24.0 Å². The molecule has 9 nitrogen and oxygen atoms in total. The van der Waals surface area contributed by atoms with Gasteiger partial charge in [-0.25, -0.2) is 13.6 Å². The molecule has 4 rings (SSSR count). The van der Waals surface area contributed by atoms with Crippen LogP contribution in [0.3, 0.4) is 0 Å². The SMILES string of the molecule is O=C1NC(=O)/C(=C/c2c(F)cc(Oc3ccc(CC(NC(=O)C4CCCN4)C(=O)O)cc3)cc2F)S1. The second kappa shape index (κ2) is 10.9. The highest BCUT2D eigenvalue weighted by atomic mass is 32.2. The van der Waals surface area contributed by atoms with Gasteiger partial charge in [0, 0.05) is 24.1 Å². The van der Waals surface area contributed by atoms with E-state index in [1.54, 1.807) is 12.1 Å². The normalized spacial score (nSPS) is 19.3. The molecular weight excluding hydrogens is 496 g/mol. The van der Waals surface area contributed by atoms with E-state index in [1.807, 2.05) is 5.32 Å². The molecule has 3 amide bonds. The number of rotatable bonds is 8. The molecule has 2 aromatic rings. The lowest BCUT2D eigenvalue weighted by Crippen LogP contribution is -2.49. The van der Waals surface area contributed by atoms with Gasteiger partial charge in [-0.15, -0.1) is 0 Å². The second-order valence-electron chi connectivity index (χ2n) is 8.15. The van der Waals surface area contributed by atoms with Crippen LogP contribution < -0.4 is 20.7 Å². The van der Waals surface area contributed by atoms with Crippen LogP contribution in [0.2, 0.25) is 0 Å². The van der Waals surface area contributed by atoms with Crippen molar-refractivity contribution in [3.8, 4) is 11.5 Å². The molecule has 2 atom stereocenters. The number of carbonyl (C=O) groups excluding carboxylic acids is 3. The summed E-state index contributed by atoms with van der Waals surface area (Å²) in [6.07, 6.45) is 2.49. The molecule has 0 radical (unpaired) electrons. The number of ether oxygens (including phenoxy) is 1. The van der Waals surface area contributed by atoms with Gasteiger partial charge in [-0.1, -0.05) is 12.1 Å². The molecule has 2 aliphatic heterocycles. The Hall–Kier alpha value is -3.77. The Labute approximate surface area is 208 Å². The Bertz CT molecular complexity index is 1220. The van der Waals surface area contributed by atoms with Gasteiger partial charge in [-0.2, -0.15) is 0 Å².